The smallest absolute Gasteiger partial charge is 0.0490 e. The van der Waals surface area contributed by atoms with Crippen molar-refractivity contribution in [3.8, 4) is 0 Å². The van der Waals surface area contributed by atoms with Crippen molar-refractivity contribution in [1.29, 1.82) is 0 Å². The Bertz CT molecular complexity index is 131. The highest BCUT2D eigenvalue weighted by Crippen LogP contribution is 2.42. The van der Waals surface area contributed by atoms with Crippen molar-refractivity contribution in [2.24, 2.45) is 11.3 Å². The zero-order chi connectivity index (χ0) is 7.61. The van der Waals surface area contributed by atoms with Gasteiger partial charge in [0.25, 0.3) is 0 Å². The Morgan fingerprint density at radius 3 is 2.90 bits per heavy atom. The second-order valence-corrected chi connectivity index (χ2v) is 3.55. The van der Waals surface area contributed by atoms with Crippen LogP contribution in [0.3, 0.4) is 0 Å². The molecule has 0 unspecified atom stereocenters. The molecule has 0 spiro atoms. The van der Waals surface area contributed by atoms with Crippen LogP contribution in [0.4, 0.5) is 0 Å². The topological polar surface area (TPSA) is 20.2 Å². The number of hydrogen-bond acceptors (Lipinski definition) is 1. The van der Waals surface area contributed by atoms with Gasteiger partial charge in [-0.25, -0.2) is 0 Å². The summed E-state index contributed by atoms with van der Waals surface area (Å²) in [5, 5.41) is 9.08. The standard InChI is InChI=1S/C9H16O/c1-3-8-5-4-6-9(8,2)7-10/h3,8,10H,1,4-7H2,2H3/t8-,9-/m0/s1. The van der Waals surface area contributed by atoms with Crippen LogP contribution in [0, 0.1) is 11.3 Å². The van der Waals surface area contributed by atoms with Gasteiger partial charge in [-0.05, 0) is 24.2 Å². The molecule has 0 amide bonds. The van der Waals surface area contributed by atoms with Crippen LogP contribution in [-0.4, -0.2) is 11.7 Å². The van der Waals surface area contributed by atoms with Gasteiger partial charge < -0.3 is 5.11 Å². The molecule has 0 aliphatic heterocycles. The van der Waals surface area contributed by atoms with E-state index in [1.54, 1.807) is 0 Å². The monoisotopic (exact) mass is 140 g/mol. The summed E-state index contributed by atoms with van der Waals surface area (Å²) in [4.78, 5) is 0. The maximum atomic E-state index is 9.08. The van der Waals surface area contributed by atoms with Gasteiger partial charge in [0.05, 0.1) is 0 Å². The molecule has 1 rings (SSSR count). The van der Waals surface area contributed by atoms with E-state index in [0.29, 0.717) is 12.5 Å². The Balaban J connectivity index is 2.64. The van der Waals surface area contributed by atoms with Gasteiger partial charge in [-0.1, -0.05) is 19.4 Å². The highest BCUT2D eigenvalue weighted by molar-refractivity contribution is 4.96. The van der Waals surface area contributed by atoms with Crippen molar-refractivity contribution in [3.05, 3.63) is 12.7 Å². The SMILES string of the molecule is C=C[C@H]1CCC[C@@]1(C)CO. The molecule has 10 heavy (non-hydrogen) atoms. The van der Waals surface area contributed by atoms with Gasteiger partial charge in [-0.2, -0.15) is 0 Å². The zero-order valence-electron chi connectivity index (χ0n) is 6.64. The molecule has 1 aliphatic carbocycles. The van der Waals surface area contributed by atoms with Gasteiger partial charge in [-0.15, -0.1) is 6.58 Å². The molecule has 1 heteroatoms. The molecule has 1 nitrogen and oxygen atoms in total. The van der Waals surface area contributed by atoms with E-state index in [1.807, 2.05) is 6.08 Å². The molecular formula is C9H16O. The average Bonchev–Trinajstić information content (AvgIpc) is 2.32. The second-order valence-electron chi connectivity index (χ2n) is 3.55. The molecule has 1 aliphatic rings. The number of aliphatic hydroxyl groups is 1. The van der Waals surface area contributed by atoms with Gasteiger partial charge in [0.1, 0.15) is 0 Å². The Morgan fingerprint density at radius 1 is 1.80 bits per heavy atom. The Morgan fingerprint density at radius 2 is 2.50 bits per heavy atom. The van der Waals surface area contributed by atoms with Gasteiger partial charge in [0.15, 0.2) is 0 Å². The van der Waals surface area contributed by atoms with E-state index in [2.05, 4.69) is 13.5 Å². The van der Waals surface area contributed by atoms with Crippen LogP contribution in [-0.2, 0) is 0 Å². The minimum atomic E-state index is 0.141. The van der Waals surface area contributed by atoms with Crippen molar-refractivity contribution in [2.45, 2.75) is 26.2 Å². The first kappa shape index (κ1) is 7.80. The molecule has 0 aromatic rings. The summed E-state index contributed by atoms with van der Waals surface area (Å²) in [6.45, 7) is 6.23. The van der Waals surface area contributed by atoms with Crippen LogP contribution in [0.15, 0.2) is 12.7 Å². The molecule has 2 atom stereocenters. The third-order valence-electron chi connectivity index (χ3n) is 2.80. The van der Waals surface area contributed by atoms with Crippen LogP contribution in [0.1, 0.15) is 26.2 Å². The van der Waals surface area contributed by atoms with Crippen molar-refractivity contribution >= 4 is 0 Å². The number of allylic oxidation sites excluding steroid dienone is 1. The molecule has 1 saturated carbocycles. The van der Waals surface area contributed by atoms with Crippen LogP contribution in [0.25, 0.3) is 0 Å². The molecule has 1 N–H and O–H groups in total. The Kier molecular flexibility index (Phi) is 2.14. The first-order chi connectivity index (χ1) is 4.73. The maximum absolute atomic E-state index is 9.08. The maximum Gasteiger partial charge on any atom is 0.0490 e. The highest BCUT2D eigenvalue weighted by Gasteiger charge is 2.35. The van der Waals surface area contributed by atoms with E-state index in [-0.39, 0.29) is 5.41 Å². The van der Waals surface area contributed by atoms with E-state index in [0.717, 1.165) is 6.42 Å². The van der Waals surface area contributed by atoms with Crippen molar-refractivity contribution in [1.82, 2.24) is 0 Å². The summed E-state index contributed by atoms with van der Waals surface area (Å²) in [5.41, 5.74) is 0.141. The molecule has 0 aromatic heterocycles. The second kappa shape index (κ2) is 2.75. The normalized spacial score (nSPS) is 40.0. The highest BCUT2D eigenvalue weighted by atomic mass is 16.3. The predicted molar refractivity (Wildman–Crippen MR) is 42.7 cm³/mol. The average molecular weight is 140 g/mol. The quantitative estimate of drug-likeness (QED) is 0.581. The lowest BCUT2D eigenvalue weighted by Crippen LogP contribution is -2.24. The van der Waals surface area contributed by atoms with Gasteiger partial charge >= 0.3 is 0 Å². The summed E-state index contributed by atoms with van der Waals surface area (Å²) in [5.74, 6) is 0.539. The predicted octanol–water partition coefficient (Wildman–Crippen LogP) is 1.97. The first-order valence-corrected chi connectivity index (χ1v) is 3.96. The molecule has 0 aromatic carbocycles. The van der Waals surface area contributed by atoms with E-state index in [4.69, 9.17) is 5.11 Å². The summed E-state index contributed by atoms with van der Waals surface area (Å²) in [7, 11) is 0. The van der Waals surface area contributed by atoms with Crippen LogP contribution in [0.2, 0.25) is 0 Å². The van der Waals surface area contributed by atoms with Gasteiger partial charge in [0.2, 0.25) is 0 Å². The lowest BCUT2D eigenvalue weighted by Gasteiger charge is -2.26. The van der Waals surface area contributed by atoms with E-state index < -0.39 is 0 Å². The van der Waals surface area contributed by atoms with E-state index in [1.165, 1.54) is 12.8 Å². The third kappa shape index (κ3) is 1.10. The van der Waals surface area contributed by atoms with E-state index >= 15 is 0 Å². The molecule has 0 saturated heterocycles. The Hall–Kier alpha value is -0.300. The van der Waals surface area contributed by atoms with Crippen molar-refractivity contribution in [3.63, 3.8) is 0 Å². The fourth-order valence-corrected chi connectivity index (χ4v) is 1.86. The summed E-state index contributed by atoms with van der Waals surface area (Å²) >= 11 is 0. The molecule has 58 valence electrons. The Labute approximate surface area is 62.8 Å². The summed E-state index contributed by atoms with van der Waals surface area (Å²) in [6, 6.07) is 0. The lowest BCUT2D eigenvalue weighted by atomic mass is 9.81. The van der Waals surface area contributed by atoms with Crippen LogP contribution in [0.5, 0.6) is 0 Å². The third-order valence-corrected chi connectivity index (χ3v) is 2.80. The van der Waals surface area contributed by atoms with E-state index in [9.17, 15) is 0 Å². The summed E-state index contributed by atoms with van der Waals surface area (Å²) in [6.07, 6.45) is 5.59. The number of aliphatic hydroxyl groups excluding tert-OH is 1. The van der Waals surface area contributed by atoms with Crippen LogP contribution >= 0.6 is 0 Å². The number of rotatable bonds is 2. The number of hydrogen-bond donors (Lipinski definition) is 1. The zero-order valence-corrected chi connectivity index (χ0v) is 6.64. The summed E-state index contributed by atoms with van der Waals surface area (Å²) < 4.78 is 0. The fraction of sp³-hybridized carbons (Fsp3) is 0.778. The molecule has 0 bridgehead atoms. The minimum absolute atomic E-state index is 0.141. The van der Waals surface area contributed by atoms with Gasteiger partial charge in [0, 0.05) is 6.61 Å². The molecule has 0 radical (unpaired) electrons. The van der Waals surface area contributed by atoms with Crippen molar-refractivity contribution in [2.75, 3.05) is 6.61 Å². The van der Waals surface area contributed by atoms with Crippen LogP contribution < -0.4 is 0 Å². The molecule has 1 fully saturated rings. The largest absolute Gasteiger partial charge is 0.396 e. The first-order valence-electron chi connectivity index (χ1n) is 3.96. The molecular weight excluding hydrogens is 124 g/mol. The lowest BCUT2D eigenvalue weighted by molar-refractivity contribution is 0.121. The minimum Gasteiger partial charge on any atom is -0.396 e. The fourth-order valence-electron chi connectivity index (χ4n) is 1.86. The van der Waals surface area contributed by atoms with Gasteiger partial charge in [-0.3, -0.25) is 0 Å². The molecule has 0 heterocycles. The van der Waals surface area contributed by atoms with Crippen molar-refractivity contribution < 1.29 is 5.11 Å².